The van der Waals surface area contributed by atoms with Crippen LogP contribution in [0, 0.1) is 0 Å². The van der Waals surface area contributed by atoms with Gasteiger partial charge in [-0.05, 0) is 17.7 Å². The summed E-state index contributed by atoms with van der Waals surface area (Å²) in [6, 6.07) is 5.24. The third-order valence-electron chi connectivity index (χ3n) is 2.05. The number of hydrogen-bond acceptors (Lipinski definition) is 3. The molecule has 1 amide bonds. The van der Waals surface area contributed by atoms with Crippen molar-refractivity contribution in [2.45, 2.75) is 19.4 Å². The molecule has 1 atom stereocenters. The molecule has 0 saturated heterocycles. The number of nitrogens with one attached hydrogen (secondary N) is 1. The smallest absolute Gasteiger partial charge is 1.00 e. The number of amides is 1. The second kappa shape index (κ2) is 7.32. The Morgan fingerprint density at radius 1 is 1.35 bits per heavy atom. The van der Waals surface area contributed by atoms with Crippen molar-refractivity contribution in [3.05, 3.63) is 29.8 Å². The van der Waals surface area contributed by atoms with Crippen LogP contribution in [0.15, 0.2) is 24.3 Å². The molecule has 0 heterocycles. The molecule has 0 aliphatic rings. The predicted octanol–water partition coefficient (Wildman–Crippen LogP) is -2.36. The molecular weight excluding hydrogens is 233 g/mol. The maximum Gasteiger partial charge on any atom is 1.00 e. The van der Waals surface area contributed by atoms with Crippen LogP contribution in [0.1, 0.15) is 13.9 Å². The van der Waals surface area contributed by atoms with Gasteiger partial charge in [-0.2, -0.15) is 0 Å². The van der Waals surface area contributed by atoms with Crippen LogP contribution >= 0.6 is 0 Å². The Bertz CT molecular complexity index is 397. The minimum atomic E-state index is -1.08. The van der Waals surface area contributed by atoms with E-state index in [9.17, 15) is 9.59 Å². The average Bonchev–Trinajstić information content (AvgIpc) is 2.19. The SMILES string of the molecule is CC(=O)NC(Cc1ccc(O)cc1)C(=O)O.[H-].[Na+]. The van der Waals surface area contributed by atoms with Gasteiger partial charge >= 0.3 is 35.5 Å². The molecule has 0 fully saturated rings. The summed E-state index contributed by atoms with van der Waals surface area (Å²) in [4.78, 5) is 21.6. The van der Waals surface area contributed by atoms with Gasteiger partial charge in [0.1, 0.15) is 11.8 Å². The number of benzene rings is 1. The standard InChI is InChI=1S/C11H13NO4.Na.H/c1-7(13)12-10(11(15)16)6-8-2-4-9(14)5-3-8;;/h2-5,10,14H,6H2,1H3,(H,12,13)(H,15,16);;/q;+1;-1. The average molecular weight is 247 g/mol. The van der Waals surface area contributed by atoms with Crippen molar-refractivity contribution < 1.29 is 50.8 Å². The first kappa shape index (κ1) is 16.0. The number of aliphatic carboxylic acids is 1. The van der Waals surface area contributed by atoms with Crippen molar-refractivity contribution in [2.75, 3.05) is 0 Å². The number of aromatic hydroxyl groups is 1. The van der Waals surface area contributed by atoms with E-state index in [1.165, 1.54) is 19.1 Å². The van der Waals surface area contributed by atoms with Crippen molar-refractivity contribution >= 4 is 11.9 Å². The molecule has 88 valence electrons. The molecule has 3 N–H and O–H groups in total. The maximum absolute atomic E-state index is 10.8. The summed E-state index contributed by atoms with van der Waals surface area (Å²) in [5, 5.41) is 20.3. The van der Waals surface area contributed by atoms with Crippen LogP contribution < -0.4 is 34.9 Å². The molecule has 1 aromatic rings. The molecule has 0 bridgehead atoms. The largest absolute Gasteiger partial charge is 1.00 e. The van der Waals surface area contributed by atoms with Gasteiger partial charge in [-0.25, -0.2) is 4.79 Å². The molecule has 0 aliphatic carbocycles. The zero-order valence-electron chi connectivity index (χ0n) is 10.8. The summed E-state index contributed by atoms with van der Waals surface area (Å²) in [6.45, 7) is 1.27. The zero-order valence-corrected chi connectivity index (χ0v) is 11.8. The van der Waals surface area contributed by atoms with Crippen LogP contribution in [-0.2, 0) is 16.0 Å². The molecule has 0 saturated carbocycles. The fourth-order valence-electron chi connectivity index (χ4n) is 1.31. The van der Waals surface area contributed by atoms with Crippen LogP contribution in [0.25, 0.3) is 0 Å². The molecule has 1 aromatic carbocycles. The molecule has 0 aliphatic heterocycles. The monoisotopic (exact) mass is 247 g/mol. The van der Waals surface area contributed by atoms with Gasteiger partial charge < -0.3 is 17.0 Å². The summed E-state index contributed by atoms with van der Waals surface area (Å²) in [5.41, 5.74) is 0.735. The molecule has 5 nitrogen and oxygen atoms in total. The molecular formula is C11H14NNaO4. The molecule has 6 heteroatoms. The van der Waals surface area contributed by atoms with Gasteiger partial charge in [-0.1, -0.05) is 12.1 Å². The summed E-state index contributed by atoms with van der Waals surface area (Å²) in [6.07, 6.45) is 0.190. The van der Waals surface area contributed by atoms with Crippen LogP contribution in [0.3, 0.4) is 0 Å². The quantitative estimate of drug-likeness (QED) is 0.519. The van der Waals surface area contributed by atoms with E-state index in [2.05, 4.69) is 5.32 Å². The van der Waals surface area contributed by atoms with Crippen molar-refractivity contribution in [1.29, 1.82) is 0 Å². The van der Waals surface area contributed by atoms with Gasteiger partial charge in [0.05, 0.1) is 0 Å². The third kappa shape index (κ3) is 5.72. The summed E-state index contributed by atoms with van der Waals surface area (Å²) >= 11 is 0. The van der Waals surface area contributed by atoms with Crippen molar-refractivity contribution in [2.24, 2.45) is 0 Å². The molecule has 17 heavy (non-hydrogen) atoms. The second-order valence-corrected chi connectivity index (χ2v) is 3.46. The van der Waals surface area contributed by atoms with E-state index < -0.39 is 12.0 Å². The summed E-state index contributed by atoms with van der Waals surface area (Å²) < 4.78 is 0. The fraction of sp³-hybridized carbons (Fsp3) is 0.273. The number of hydrogen-bond donors (Lipinski definition) is 3. The van der Waals surface area contributed by atoms with Crippen LogP contribution in [0.2, 0.25) is 0 Å². The number of carboxylic acids is 1. The van der Waals surface area contributed by atoms with E-state index in [0.717, 1.165) is 5.56 Å². The van der Waals surface area contributed by atoms with E-state index in [1.54, 1.807) is 12.1 Å². The van der Waals surface area contributed by atoms with Gasteiger partial charge in [0.2, 0.25) is 5.91 Å². The van der Waals surface area contributed by atoms with E-state index in [-0.39, 0.29) is 49.1 Å². The van der Waals surface area contributed by atoms with Crippen molar-refractivity contribution in [3.8, 4) is 5.75 Å². The summed E-state index contributed by atoms with van der Waals surface area (Å²) in [5.74, 6) is -1.34. The Balaban J connectivity index is 0. The van der Waals surface area contributed by atoms with Crippen LogP contribution in [0.4, 0.5) is 0 Å². The molecule has 1 rings (SSSR count). The molecule has 0 radical (unpaired) electrons. The number of carbonyl (C=O) groups excluding carboxylic acids is 1. The Kier molecular flexibility index (Phi) is 6.87. The van der Waals surface area contributed by atoms with Crippen molar-refractivity contribution in [3.63, 3.8) is 0 Å². The first-order chi connectivity index (χ1) is 7.49. The first-order valence-corrected chi connectivity index (χ1v) is 4.77. The van der Waals surface area contributed by atoms with Gasteiger partial charge in [-0.3, -0.25) is 4.79 Å². The van der Waals surface area contributed by atoms with Gasteiger partial charge in [0, 0.05) is 13.3 Å². The second-order valence-electron chi connectivity index (χ2n) is 3.46. The fourth-order valence-corrected chi connectivity index (χ4v) is 1.31. The Hall–Kier alpha value is -1.04. The Morgan fingerprint density at radius 3 is 2.29 bits per heavy atom. The van der Waals surface area contributed by atoms with E-state index in [4.69, 9.17) is 10.2 Å². The van der Waals surface area contributed by atoms with E-state index in [1.807, 2.05) is 0 Å². The zero-order chi connectivity index (χ0) is 12.1. The number of phenolic OH excluding ortho intramolecular Hbond substituents is 1. The molecule has 0 spiro atoms. The Morgan fingerprint density at radius 2 is 1.88 bits per heavy atom. The minimum absolute atomic E-state index is 0. The first-order valence-electron chi connectivity index (χ1n) is 4.77. The number of carbonyl (C=O) groups is 2. The topological polar surface area (TPSA) is 86.6 Å². The normalized spacial score (nSPS) is 11.1. The van der Waals surface area contributed by atoms with Crippen LogP contribution in [0.5, 0.6) is 5.75 Å². The number of rotatable bonds is 4. The Labute approximate surface area is 123 Å². The maximum atomic E-state index is 10.8. The summed E-state index contributed by atoms with van der Waals surface area (Å²) in [7, 11) is 0. The molecule has 0 aromatic heterocycles. The van der Waals surface area contributed by atoms with Crippen molar-refractivity contribution in [1.82, 2.24) is 5.32 Å². The number of phenols is 1. The van der Waals surface area contributed by atoms with E-state index in [0.29, 0.717) is 0 Å². The van der Waals surface area contributed by atoms with Gasteiger partial charge in [0.25, 0.3) is 0 Å². The van der Waals surface area contributed by atoms with Crippen LogP contribution in [-0.4, -0.2) is 28.1 Å². The van der Waals surface area contributed by atoms with Gasteiger partial charge in [0.15, 0.2) is 0 Å². The van der Waals surface area contributed by atoms with E-state index >= 15 is 0 Å². The minimum Gasteiger partial charge on any atom is -1.00 e. The number of carboxylic acid groups (broad SMARTS) is 1. The molecule has 1 unspecified atom stereocenters. The predicted molar refractivity (Wildman–Crippen MR) is 58.2 cm³/mol. The third-order valence-corrected chi connectivity index (χ3v) is 2.05. The van der Waals surface area contributed by atoms with Gasteiger partial charge in [-0.15, -0.1) is 0 Å².